The van der Waals surface area contributed by atoms with Crippen LogP contribution in [0.1, 0.15) is 15.4 Å². The fraction of sp³-hybridized carbons (Fsp3) is 0.176. The molecule has 0 aliphatic carbocycles. The monoisotopic (exact) mass is 346 g/mol. The Morgan fingerprint density at radius 2 is 2.13 bits per heavy atom. The van der Waals surface area contributed by atoms with Crippen LogP contribution in [-0.2, 0) is 6.42 Å². The molecule has 0 atom stereocenters. The molecule has 3 rings (SSSR count). The third-order valence-corrected chi connectivity index (χ3v) is 4.70. The Morgan fingerprint density at radius 3 is 2.91 bits per heavy atom. The Morgan fingerprint density at radius 1 is 1.30 bits per heavy atom. The molecule has 2 aromatic carbocycles. The number of fused-ring (bicyclic) bond motifs is 1. The highest BCUT2D eigenvalue weighted by molar-refractivity contribution is 7.18. The molecule has 0 spiro atoms. The molecule has 1 aromatic heterocycles. The topological polar surface area (TPSA) is 51.2 Å². The van der Waals surface area contributed by atoms with Gasteiger partial charge in [-0.15, -0.1) is 11.3 Å². The first-order valence-electron chi connectivity index (χ1n) is 7.13. The second kappa shape index (κ2) is 6.98. The van der Waals surface area contributed by atoms with Crippen LogP contribution in [0.3, 0.4) is 0 Å². The van der Waals surface area contributed by atoms with Crippen molar-refractivity contribution in [1.29, 1.82) is 0 Å². The summed E-state index contributed by atoms with van der Waals surface area (Å²) in [5.74, 6) is 0.303. The zero-order chi connectivity index (χ0) is 16.2. The molecule has 4 nitrogen and oxygen atoms in total. The van der Waals surface area contributed by atoms with Crippen LogP contribution < -0.4 is 10.1 Å². The smallest absolute Gasteiger partial charge is 0.255 e. The molecular weight excluding hydrogens is 332 g/mol. The second-order valence-corrected chi connectivity index (χ2v) is 6.48. The van der Waals surface area contributed by atoms with Crippen LogP contribution in [0.2, 0.25) is 5.02 Å². The van der Waals surface area contributed by atoms with Gasteiger partial charge in [-0.1, -0.05) is 23.7 Å². The van der Waals surface area contributed by atoms with Crippen molar-refractivity contribution in [3.8, 4) is 5.75 Å². The summed E-state index contributed by atoms with van der Waals surface area (Å²) in [7, 11) is 1.53. The molecule has 0 saturated heterocycles. The number of halogens is 1. The first kappa shape index (κ1) is 15.8. The van der Waals surface area contributed by atoms with Crippen molar-refractivity contribution in [3.05, 3.63) is 58.1 Å². The number of benzene rings is 2. The molecule has 0 radical (unpaired) electrons. The maximum Gasteiger partial charge on any atom is 0.255 e. The van der Waals surface area contributed by atoms with E-state index in [-0.39, 0.29) is 5.91 Å². The zero-order valence-electron chi connectivity index (χ0n) is 12.5. The van der Waals surface area contributed by atoms with Crippen LogP contribution in [0.15, 0.2) is 42.5 Å². The van der Waals surface area contributed by atoms with Crippen LogP contribution in [0.25, 0.3) is 10.2 Å². The molecule has 1 amide bonds. The molecular formula is C17H15ClN2O2S. The minimum absolute atomic E-state index is 0.203. The lowest BCUT2D eigenvalue weighted by molar-refractivity contribution is 0.0951. The lowest BCUT2D eigenvalue weighted by Crippen LogP contribution is -2.26. The molecule has 0 aliphatic rings. The second-order valence-electron chi connectivity index (χ2n) is 4.93. The van der Waals surface area contributed by atoms with Crippen LogP contribution in [-0.4, -0.2) is 24.5 Å². The summed E-state index contributed by atoms with van der Waals surface area (Å²) in [6.07, 6.45) is 0.688. The number of nitrogens with zero attached hydrogens (tertiary/aromatic N) is 1. The van der Waals surface area contributed by atoms with Gasteiger partial charge < -0.3 is 10.1 Å². The maximum absolute atomic E-state index is 12.3. The van der Waals surface area contributed by atoms with E-state index in [0.29, 0.717) is 29.3 Å². The van der Waals surface area contributed by atoms with Crippen molar-refractivity contribution < 1.29 is 9.53 Å². The van der Waals surface area contributed by atoms with Crippen LogP contribution in [0.5, 0.6) is 5.75 Å². The number of amides is 1. The number of aromatic nitrogens is 1. The van der Waals surface area contributed by atoms with E-state index in [1.807, 2.05) is 24.3 Å². The minimum Gasteiger partial charge on any atom is -0.496 e. The number of carbonyl (C=O) groups excluding carboxylic acids is 1. The number of nitrogens with one attached hydrogen (secondary N) is 1. The first-order chi connectivity index (χ1) is 11.2. The predicted molar refractivity (Wildman–Crippen MR) is 93.7 cm³/mol. The fourth-order valence-electron chi connectivity index (χ4n) is 2.26. The van der Waals surface area contributed by atoms with Gasteiger partial charge in [0, 0.05) is 18.0 Å². The molecule has 1 N–H and O–H groups in total. The average molecular weight is 347 g/mol. The highest BCUT2D eigenvalue weighted by atomic mass is 35.5. The molecule has 0 aliphatic heterocycles. The third-order valence-electron chi connectivity index (χ3n) is 3.37. The van der Waals surface area contributed by atoms with E-state index in [9.17, 15) is 4.79 Å². The number of rotatable bonds is 5. The fourth-order valence-corrected chi connectivity index (χ4v) is 3.40. The summed E-state index contributed by atoms with van der Waals surface area (Å²) < 4.78 is 6.35. The van der Waals surface area contributed by atoms with E-state index >= 15 is 0 Å². The van der Waals surface area contributed by atoms with E-state index < -0.39 is 0 Å². The van der Waals surface area contributed by atoms with Crippen molar-refractivity contribution >= 4 is 39.1 Å². The Labute approximate surface area is 143 Å². The highest BCUT2D eigenvalue weighted by Gasteiger charge is 2.13. The van der Waals surface area contributed by atoms with E-state index in [1.54, 1.807) is 29.5 Å². The van der Waals surface area contributed by atoms with Gasteiger partial charge in [0.25, 0.3) is 5.91 Å². The Bertz CT molecular complexity index is 814. The average Bonchev–Trinajstić information content (AvgIpc) is 2.97. The molecule has 6 heteroatoms. The van der Waals surface area contributed by atoms with Gasteiger partial charge in [-0.3, -0.25) is 4.79 Å². The number of thiazole rings is 1. The predicted octanol–water partition coefficient (Wildman–Crippen LogP) is 3.93. The number of ether oxygens (including phenoxy) is 1. The van der Waals surface area contributed by atoms with Gasteiger partial charge >= 0.3 is 0 Å². The van der Waals surface area contributed by atoms with Crippen molar-refractivity contribution in [2.45, 2.75) is 6.42 Å². The van der Waals surface area contributed by atoms with E-state index in [0.717, 1.165) is 15.2 Å². The number of hydrogen-bond donors (Lipinski definition) is 1. The van der Waals surface area contributed by atoms with Gasteiger partial charge in [0.05, 0.1) is 27.9 Å². The van der Waals surface area contributed by atoms with Crippen molar-refractivity contribution in [2.24, 2.45) is 0 Å². The molecule has 0 unspecified atom stereocenters. The van der Waals surface area contributed by atoms with Crippen molar-refractivity contribution in [3.63, 3.8) is 0 Å². The van der Waals surface area contributed by atoms with E-state index in [2.05, 4.69) is 10.3 Å². The van der Waals surface area contributed by atoms with Gasteiger partial charge in [-0.2, -0.15) is 0 Å². The Hall–Kier alpha value is -2.11. The van der Waals surface area contributed by atoms with Gasteiger partial charge in [0.2, 0.25) is 0 Å². The Balaban J connectivity index is 1.64. The van der Waals surface area contributed by atoms with Gasteiger partial charge in [0.1, 0.15) is 5.75 Å². The van der Waals surface area contributed by atoms with Crippen molar-refractivity contribution in [2.75, 3.05) is 13.7 Å². The molecule has 1 heterocycles. The summed E-state index contributed by atoms with van der Waals surface area (Å²) in [4.78, 5) is 16.8. The summed E-state index contributed by atoms with van der Waals surface area (Å²) in [6, 6.07) is 13.0. The molecule has 118 valence electrons. The zero-order valence-corrected chi connectivity index (χ0v) is 14.1. The summed E-state index contributed by atoms with van der Waals surface area (Å²) in [5, 5.41) is 4.39. The van der Waals surface area contributed by atoms with Crippen LogP contribution in [0, 0.1) is 0 Å². The highest BCUT2D eigenvalue weighted by Crippen LogP contribution is 2.23. The van der Waals surface area contributed by atoms with Gasteiger partial charge in [0.15, 0.2) is 0 Å². The molecule has 3 aromatic rings. The Kier molecular flexibility index (Phi) is 4.79. The number of methoxy groups -OCH3 is 1. The molecule has 0 saturated carbocycles. The molecule has 23 heavy (non-hydrogen) atoms. The third kappa shape index (κ3) is 3.63. The van der Waals surface area contributed by atoms with Crippen LogP contribution >= 0.6 is 22.9 Å². The van der Waals surface area contributed by atoms with Gasteiger partial charge in [-0.05, 0) is 30.3 Å². The summed E-state index contributed by atoms with van der Waals surface area (Å²) in [6.45, 7) is 0.508. The lowest BCUT2D eigenvalue weighted by Gasteiger charge is -2.09. The molecule has 0 bridgehead atoms. The minimum atomic E-state index is -0.203. The standard InChI is InChI=1S/C17H15ClN2O2S/c1-22-14-7-6-11(18)10-12(14)17(21)19-9-8-16-20-13-4-2-3-5-15(13)23-16/h2-7,10H,8-9H2,1H3,(H,19,21). The van der Waals surface area contributed by atoms with E-state index in [4.69, 9.17) is 16.3 Å². The SMILES string of the molecule is COc1ccc(Cl)cc1C(=O)NCCc1nc2ccccc2s1. The maximum atomic E-state index is 12.3. The number of carbonyl (C=O) groups is 1. The summed E-state index contributed by atoms with van der Waals surface area (Å²) in [5.41, 5.74) is 1.43. The molecule has 0 fully saturated rings. The summed E-state index contributed by atoms with van der Waals surface area (Å²) >= 11 is 7.60. The van der Waals surface area contributed by atoms with Crippen molar-refractivity contribution in [1.82, 2.24) is 10.3 Å². The largest absolute Gasteiger partial charge is 0.496 e. The first-order valence-corrected chi connectivity index (χ1v) is 8.33. The van der Waals surface area contributed by atoms with Gasteiger partial charge in [-0.25, -0.2) is 4.98 Å². The van der Waals surface area contributed by atoms with E-state index in [1.165, 1.54) is 7.11 Å². The van der Waals surface area contributed by atoms with Crippen LogP contribution in [0.4, 0.5) is 0 Å². The number of para-hydroxylation sites is 1. The quantitative estimate of drug-likeness (QED) is 0.761. The number of hydrogen-bond acceptors (Lipinski definition) is 4. The normalized spacial score (nSPS) is 10.7. The lowest BCUT2D eigenvalue weighted by atomic mass is 10.2.